The van der Waals surface area contributed by atoms with Crippen LogP contribution in [-0.4, -0.2) is 11.4 Å². The zero-order valence-electron chi connectivity index (χ0n) is 7.90. The molecule has 0 spiro atoms. The summed E-state index contributed by atoms with van der Waals surface area (Å²) in [6.45, 7) is 3.85. The van der Waals surface area contributed by atoms with Gasteiger partial charge in [-0.05, 0) is 11.5 Å². The summed E-state index contributed by atoms with van der Waals surface area (Å²) < 4.78 is 0. The van der Waals surface area contributed by atoms with Crippen molar-refractivity contribution in [3.8, 4) is 0 Å². The Morgan fingerprint density at radius 2 is 1.92 bits per heavy atom. The van der Waals surface area contributed by atoms with Crippen molar-refractivity contribution in [3.63, 3.8) is 0 Å². The number of aldehydes is 1. The zero-order chi connectivity index (χ0) is 9.84. The first-order valence-electron chi connectivity index (χ1n) is 4.39. The van der Waals surface area contributed by atoms with Crippen molar-refractivity contribution < 1.29 is 9.90 Å². The highest BCUT2D eigenvalue weighted by molar-refractivity contribution is 5.77. The van der Waals surface area contributed by atoms with E-state index < -0.39 is 6.10 Å². The van der Waals surface area contributed by atoms with Gasteiger partial charge in [-0.1, -0.05) is 38.1 Å². The van der Waals surface area contributed by atoms with E-state index in [4.69, 9.17) is 0 Å². The van der Waals surface area contributed by atoms with Crippen LogP contribution in [0.15, 0.2) is 24.3 Å². The van der Waals surface area contributed by atoms with Gasteiger partial charge in [-0.25, -0.2) is 0 Å². The average Bonchev–Trinajstić information content (AvgIpc) is 2.16. The van der Waals surface area contributed by atoms with Crippen LogP contribution >= 0.6 is 0 Å². The molecule has 2 nitrogen and oxygen atoms in total. The summed E-state index contributed by atoms with van der Waals surface area (Å²) in [5, 5.41) is 9.75. The molecule has 0 radical (unpaired) electrons. The largest absolute Gasteiger partial charge is 0.388 e. The third-order valence-corrected chi connectivity index (χ3v) is 2.07. The van der Waals surface area contributed by atoms with Gasteiger partial charge in [-0.3, -0.25) is 4.79 Å². The average molecular weight is 178 g/mol. The number of aliphatic hydroxyl groups is 1. The lowest BCUT2D eigenvalue weighted by atomic mass is 9.95. The van der Waals surface area contributed by atoms with E-state index in [-0.39, 0.29) is 5.92 Å². The van der Waals surface area contributed by atoms with Crippen LogP contribution in [0.5, 0.6) is 0 Å². The van der Waals surface area contributed by atoms with Crippen LogP contribution in [0.25, 0.3) is 0 Å². The van der Waals surface area contributed by atoms with Crippen molar-refractivity contribution in [1.82, 2.24) is 0 Å². The highest BCUT2D eigenvalue weighted by atomic mass is 16.3. The zero-order valence-corrected chi connectivity index (χ0v) is 7.90. The molecular formula is C11H14O2. The van der Waals surface area contributed by atoms with E-state index in [2.05, 4.69) is 0 Å². The summed E-state index contributed by atoms with van der Waals surface area (Å²) in [6.07, 6.45) is 0.224. The Balaban J connectivity index is 3.05. The minimum absolute atomic E-state index is 0.126. The van der Waals surface area contributed by atoms with Crippen molar-refractivity contribution in [2.75, 3.05) is 0 Å². The second kappa shape index (κ2) is 4.19. The summed E-state index contributed by atoms with van der Waals surface area (Å²) in [7, 11) is 0. The van der Waals surface area contributed by atoms with Gasteiger partial charge in [-0.15, -0.1) is 0 Å². The molecular weight excluding hydrogens is 164 g/mol. The number of hydrogen-bond donors (Lipinski definition) is 1. The summed E-state index contributed by atoms with van der Waals surface area (Å²) in [5.74, 6) is 0.126. The molecule has 1 aromatic rings. The van der Waals surface area contributed by atoms with E-state index in [1.807, 2.05) is 19.9 Å². The fourth-order valence-corrected chi connectivity index (χ4v) is 1.25. The first-order valence-corrected chi connectivity index (χ1v) is 4.39. The quantitative estimate of drug-likeness (QED) is 0.720. The van der Waals surface area contributed by atoms with Gasteiger partial charge < -0.3 is 5.11 Å². The van der Waals surface area contributed by atoms with Gasteiger partial charge in [0.15, 0.2) is 0 Å². The Morgan fingerprint density at radius 3 is 2.46 bits per heavy atom. The van der Waals surface area contributed by atoms with Crippen molar-refractivity contribution >= 4 is 6.29 Å². The minimum atomic E-state index is -0.554. The maximum absolute atomic E-state index is 10.6. The van der Waals surface area contributed by atoms with E-state index in [1.165, 1.54) is 0 Å². The van der Waals surface area contributed by atoms with E-state index in [9.17, 15) is 9.90 Å². The van der Waals surface area contributed by atoms with Crippen LogP contribution in [0.1, 0.15) is 35.9 Å². The maximum atomic E-state index is 10.6. The van der Waals surface area contributed by atoms with Gasteiger partial charge in [0.25, 0.3) is 0 Å². The SMILES string of the molecule is CC(C)C(O)c1ccccc1C=O. The molecule has 0 amide bonds. The molecule has 13 heavy (non-hydrogen) atoms. The Labute approximate surface area is 78.2 Å². The fourth-order valence-electron chi connectivity index (χ4n) is 1.25. The van der Waals surface area contributed by atoms with E-state index in [1.54, 1.807) is 18.2 Å². The molecule has 1 aromatic carbocycles. The van der Waals surface area contributed by atoms with Gasteiger partial charge in [0, 0.05) is 5.56 Å². The number of carbonyl (C=O) groups excluding carboxylic acids is 1. The standard InChI is InChI=1S/C11H14O2/c1-8(2)11(13)10-6-4-3-5-9(10)7-12/h3-8,11,13H,1-2H3. The third kappa shape index (κ3) is 2.16. The minimum Gasteiger partial charge on any atom is -0.388 e. The monoisotopic (exact) mass is 178 g/mol. The van der Waals surface area contributed by atoms with E-state index in [0.29, 0.717) is 11.1 Å². The molecule has 0 aliphatic heterocycles. The molecule has 0 saturated carbocycles. The Morgan fingerprint density at radius 1 is 1.31 bits per heavy atom. The van der Waals surface area contributed by atoms with Crippen molar-refractivity contribution in [2.24, 2.45) is 5.92 Å². The topological polar surface area (TPSA) is 37.3 Å². The van der Waals surface area contributed by atoms with Crippen LogP contribution in [0.2, 0.25) is 0 Å². The van der Waals surface area contributed by atoms with Gasteiger partial charge in [-0.2, -0.15) is 0 Å². The van der Waals surface area contributed by atoms with Gasteiger partial charge in [0.05, 0.1) is 6.10 Å². The van der Waals surface area contributed by atoms with Gasteiger partial charge in [0.2, 0.25) is 0 Å². The van der Waals surface area contributed by atoms with Crippen molar-refractivity contribution in [1.29, 1.82) is 0 Å². The van der Waals surface area contributed by atoms with E-state index in [0.717, 1.165) is 6.29 Å². The molecule has 1 rings (SSSR count). The normalized spacial score (nSPS) is 12.9. The summed E-state index contributed by atoms with van der Waals surface area (Å²) in [4.78, 5) is 10.6. The smallest absolute Gasteiger partial charge is 0.150 e. The lowest BCUT2D eigenvalue weighted by Gasteiger charge is -2.16. The van der Waals surface area contributed by atoms with Crippen LogP contribution < -0.4 is 0 Å². The number of aliphatic hydroxyl groups excluding tert-OH is 1. The maximum Gasteiger partial charge on any atom is 0.150 e. The van der Waals surface area contributed by atoms with Crippen LogP contribution in [-0.2, 0) is 0 Å². The number of carbonyl (C=O) groups is 1. The van der Waals surface area contributed by atoms with E-state index >= 15 is 0 Å². The first-order chi connectivity index (χ1) is 6.16. The van der Waals surface area contributed by atoms with Gasteiger partial charge >= 0.3 is 0 Å². The summed E-state index contributed by atoms with van der Waals surface area (Å²) in [6, 6.07) is 7.12. The molecule has 0 heterocycles. The second-order valence-electron chi connectivity index (χ2n) is 3.44. The summed E-state index contributed by atoms with van der Waals surface area (Å²) in [5.41, 5.74) is 1.29. The lowest BCUT2D eigenvalue weighted by molar-refractivity contribution is 0.109. The number of benzene rings is 1. The van der Waals surface area contributed by atoms with Crippen LogP contribution in [0.3, 0.4) is 0 Å². The third-order valence-electron chi connectivity index (χ3n) is 2.07. The second-order valence-corrected chi connectivity index (χ2v) is 3.44. The molecule has 1 unspecified atom stereocenters. The molecule has 2 heteroatoms. The number of hydrogen-bond acceptors (Lipinski definition) is 2. The molecule has 0 fully saturated rings. The molecule has 1 N–H and O–H groups in total. The Hall–Kier alpha value is -1.15. The molecule has 0 aliphatic carbocycles. The Bertz CT molecular complexity index is 292. The molecule has 1 atom stereocenters. The number of rotatable bonds is 3. The highest BCUT2D eigenvalue weighted by Crippen LogP contribution is 2.23. The highest BCUT2D eigenvalue weighted by Gasteiger charge is 2.14. The molecule has 0 aromatic heterocycles. The van der Waals surface area contributed by atoms with Crippen molar-refractivity contribution in [3.05, 3.63) is 35.4 Å². The molecule has 0 saturated heterocycles. The molecule has 0 aliphatic rings. The Kier molecular flexibility index (Phi) is 3.20. The molecule has 70 valence electrons. The predicted octanol–water partition coefficient (Wildman–Crippen LogP) is 2.19. The fraction of sp³-hybridized carbons (Fsp3) is 0.364. The van der Waals surface area contributed by atoms with Crippen molar-refractivity contribution in [2.45, 2.75) is 20.0 Å². The summed E-state index contributed by atoms with van der Waals surface area (Å²) >= 11 is 0. The first kappa shape index (κ1) is 9.93. The van der Waals surface area contributed by atoms with Gasteiger partial charge in [0.1, 0.15) is 6.29 Å². The molecule has 0 bridgehead atoms. The van der Waals surface area contributed by atoms with Crippen LogP contribution in [0, 0.1) is 5.92 Å². The predicted molar refractivity (Wildman–Crippen MR) is 51.6 cm³/mol. The lowest BCUT2D eigenvalue weighted by Crippen LogP contribution is -2.07. The van der Waals surface area contributed by atoms with Crippen LogP contribution in [0.4, 0.5) is 0 Å².